The predicted molar refractivity (Wildman–Crippen MR) is 254 cm³/mol. The molecule has 3 fully saturated rings. The molecule has 3 aromatic carbocycles. The van der Waals surface area contributed by atoms with E-state index in [1.165, 1.54) is 29.2 Å². The average molecular weight is 932 g/mol. The quantitative estimate of drug-likeness (QED) is 0.0461. The van der Waals surface area contributed by atoms with Crippen LogP contribution in [-0.4, -0.2) is 102 Å². The van der Waals surface area contributed by atoms with Gasteiger partial charge in [-0.15, -0.1) is 0 Å². The molecule has 5 heterocycles. The zero-order chi connectivity index (χ0) is 44.4. The minimum Gasteiger partial charge on any atom is -0.455 e. The fourth-order valence-corrected chi connectivity index (χ4v) is 11.0. The Morgan fingerprint density at radius 2 is 1.86 bits per heavy atom. The molecule has 2 atom stereocenters. The lowest BCUT2D eigenvalue weighted by Crippen LogP contribution is -2.47. The number of benzene rings is 3. The van der Waals surface area contributed by atoms with Crippen LogP contribution in [-0.2, 0) is 0 Å². The van der Waals surface area contributed by atoms with Gasteiger partial charge in [0.25, 0.3) is 5.91 Å². The number of ether oxygens (including phenoxy) is 1. The molecule has 5 aromatic rings. The minimum atomic E-state index is -4.48. The number of hydrogen-bond donors (Lipinski definition) is 4. The van der Waals surface area contributed by atoms with E-state index in [2.05, 4.69) is 66.0 Å². The maximum absolute atomic E-state index is 13.9. The van der Waals surface area contributed by atoms with Crippen molar-refractivity contribution in [1.29, 1.82) is 0 Å². The Kier molecular flexibility index (Phi) is 13.5. The molecule has 0 spiro atoms. The second-order valence-electron chi connectivity index (χ2n) is 18.1. The number of carbonyl (C=O) groups is 1. The first-order chi connectivity index (χ1) is 30.8. The third kappa shape index (κ3) is 11.0. The first-order valence-electron chi connectivity index (χ1n) is 22.1. The van der Waals surface area contributed by atoms with Crippen molar-refractivity contribution < 1.29 is 22.7 Å². The van der Waals surface area contributed by atoms with Crippen LogP contribution in [0.3, 0.4) is 0 Å². The number of halogens is 4. The molecule has 10 nitrogen and oxygen atoms in total. The van der Waals surface area contributed by atoms with Crippen LogP contribution in [0.1, 0.15) is 61.9 Å². The topological polar surface area (TPSA) is 101 Å². The van der Waals surface area contributed by atoms with Gasteiger partial charge in [0.05, 0.1) is 11.8 Å². The number of alkyl halides is 3. The summed E-state index contributed by atoms with van der Waals surface area (Å²) in [5, 5.41) is 8.34. The first kappa shape index (κ1) is 44.8. The summed E-state index contributed by atoms with van der Waals surface area (Å²) in [6, 6.07) is 23.6. The smallest absolute Gasteiger partial charge is 0.446 e. The van der Waals surface area contributed by atoms with Gasteiger partial charge in [0, 0.05) is 115 Å². The normalized spacial score (nSPS) is 20.3. The van der Waals surface area contributed by atoms with Crippen LogP contribution < -0.4 is 25.0 Å². The predicted octanol–water partition coefficient (Wildman–Crippen LogP) is 10.7. The largest absolute Gasteiger partial charge is 0.455 e. The first-order valence-corrected chi connectivity index (χ1v) is 24.1. The van der Waals surface area contributed by atoms with E-state index in [0.29, 0.717) is 40.7 Å². The number of aromatic nitrogens is 2. The number of nitrogens with zero attached hydrogens (tertiary/aromatic N) is 4. The lowest BCUT2D eigenvalue weighted by molar-refractivity contribution is -0.0328. The molecule has 2 aromatic heterocycles. The van der Waals surface area contributed by atoms with Crippen molar-refractivity contribution in [1.82, 2.24) is 29.8 Å². The second-order valence-corrected chi connectivity index (χ2v) is 20.5. The van der Waals surface area contributed by atoms with E-state index < -0.39 is 11.4 Å². The maximum Gasteiger partial charge on any atom is 0.446 e. The number of fused-ring (bicyclic) bond motifs is 3. The summed E-state index contributed by atoms with van der Waals surface area (Å²) >= 11 is 7.07. The van der Waals surface area contributed by atoms with Crippen molar-refractivity contribution in [3.05, 3.63) is 107 Å². The number of H-pyrrole nitrogens is 1. The molecule has 1 amide bonds. The number of pyridine rings is 1. The van der Waals surface area contributed by atoms with Gasteiger partial charge in [-0.2, -0.15) is 13.2 Å². The zero-order valence-electron chi connectivity index (χ0n) is 36.1. The highest BCUT2D eigenvalue weighted by atomic mass is 35.5. The van der Waals surface area contributed by atoms with E-state index in [4.69, 9.17) is 16.3 Å². The molecule has 4 aliphatic rings. The van der Waals surface area contributed by atoms with Crippen molar-refractivity contribution >= 4 is 69.2 Å². The highest BCUT2D eigenvalue weighted by Crippen LogP contribution is 2.44. The zero-order valence-corrected chi connectivity index (χ0v) is 38.5. The van der Waals surface area contributed by atoms with E-state index in [-0.39, 0.29) is 27.6 Å². The molecule has 4 N–H and O–H groups in total. The highest BCUT2D eigenvalue weighted by Gasteiger charge is 2.37. The summed E-state index contributed by atoms with van der Waals surface area (Å²) in [5.74, 6) is 0.381. The van der Waals surface area contributed by atoms with Crippen molar-refractivity contribution in [2.24, 2.45) is 5.41 Å². The van der Waals surface area contributed by atoms with Crippen molar-refractivity contribution in [2.75, 3.05) is 69.1 Å². The van der Waals surface area contributed by atoms with E-state index in [0.717, 1.165) is 112 Å². The van der Waals surface area contributed by atoms with Gasteiger partial charge in [0.1, 0.15) is 17.1 Å². The summed E-state index contributed by atoms with van der Waals surface area (Å²) in [4.78, 5) is 29.4. The Hall–Kier alpha value is -4.38. The summed E-state index contributed by atoms with van der Waals surface area (Å²) in [6.07, 6.45) is 8.68. The van der Waals surface area contributed by atoms with Gasteiger partial charge in [-0.25, -0.2) is 4.98 Å². The van der Waals surface area contributed by atoms with Gasteiger partial charge in [0.2, 0.25) is 0 Å². The summed E-state index contributed by atoms with van der Waals surface area (Å²) in [7, 11) is 0. The van der Waals surface area contributed by atoms with Crippen molar-refractivity contribution in [3.8, 4) is 11.5 Å². The number of aromatic amines is 1. The molecule has 3 saturated heterocycles. The molecular formula is C48H54ClF3N8O2S2. The average Bonchev–Trinajstić information content (AvgIpc) is 4.04. The molecule has 16 heteroatoms. The molecule has 1 unspecified atom stereocenters. The Morgan fingerprint density at radius 1 is 1.03 bits per heavy atom. The summed E-state index contributed by atoms with van der Waals surface area (Å²) in [5.41, 5.74) is 2.32. The van der Waals surface area contributed by atoms with E-state index in [9.17, 15) is 18.0 Å². The number of piperazine rings is 2. The SMILES string of the molecule is CC1(C)CCC(CN2CCN(c3ccc(C(=O)NSc4ccc(NCCCN5C[C@@H]6CC5CN6)c(SC(F)(F)F)c4)c(Oc4cnc5[nH]ccc5c4)c3)CC2)=C(c2ccc(Cl)cc2)C1. The van der Waals surface area contributed by atoms with E-state index in [1.54, 1.807) is 30.6 Å². The number of allylic oxidation sites excluding steroid dienone is 1. The van der Waals surface area contributed by atoms with Gasteiger partial charge < -0.3 is 25.3 Å². The van der Waals surface area contributed by atoms with Gasteiger partial charge in [-0.1, -0.05) is 43.2 Å². The molecule has 338 valence electrons. The van der Waals surface area contributed by atoms with Gasteiger partial charge >= 0.3 is 5.51 Å². The fourth-order valence-electron chi connectivity index (χ4n) is 9.49. The van der Waals surface area contributed by atoms with Crippen molar-refractivity contribution in [3.63, 3.8) is 0 Å². The number of nitrogens with one attached hydrogen (secondary N) is 4. The molecular weight excluding hydrogens is 877 g/mol. The standard InChI is InChI=1S/C48H54ClF3N8O2S2/c1-47(2)14-12-33(41(26-47)31-4-6-34(49)7-5-31)29-58-18-20-59(21-19-58)36-8-10-40(43(24-36)62-38-22-32-13-16-54-45(32)56-28-38)46(61)57-64-39-9-11-42(44(25-39)63-48(50,51)52)53-15-3-17-60-30-35-23-37(60)27-55-35/h4-11,13,16,22,24-25,28,35,37,53,55H,3,12,14-15,17-21,23,26-27,29-30H2,1-2H3,(H,54,56)(H,57,61)/t35-,37?/m0/s1. The number of amides is 1. The second kappa shape index (κ2) is 19.2. The lowest BCUT2D eigenvalue weighted by Gasteiger charge is -2.39. The Labute approximate surface area is 386 Å². The van der Waals surface area contributed by atoms with Gasteiger partial charge in [0.15, 0.2) is 0 Å². The molecule has 1 aliphatic carbocycles. The lowest BCUT2D eigenvalue weighted by atomic mass is 9.72. The maximum atomic E-state index is 13.9. The number of thioether (sulfide) groups is 1. The minimum absolute atomic E-state index is 0.0544. The number of likely N-dealkylation sites (tertiary alicyclic amines) is 1. The Morgan fingerprint density at radius 3 is 2.62 bits per heavy atom. The number of rotatable bonds is 15. The number of anilines is 2. The van der Waals surface area contributed by atoms with Crippen LogP contribution >= 0.6 is 35.3 Å². The molecule has 3 aliphatic heterocycles. The Balaban J connectivity index is 0.876. The molecule has 64 heavy (non-hydrogen) atoms. The van der Waals surface area contributed by atoms with Gasteiger partial charge in [-0.3, -0.25) is 19.3 Å². The van der Waals surface area contributed by atoms with Crippen LogP contribution in [0, 0.1) is 5.41 Å². The van der Waals surface area contributed by atoms with Crippen molar-refractivity contribution in [2.45, 2.75) is 73.3 Å². The third-order valence-corrected chi connectivity index (χ3v) is 14.7. The van der Waals surface area contributed by atoms with E-state index >= 15 is 0 Å². The Bertz CT molecular complexity index is 2490. The summed E-state index contributed by atoms with van der Waals surface area (Å²) in [6.45, 7) is 12.5. The number of hydrogen-bond acceptors (Lipinski definition) is 10. The third-order valence-electron chi connectivity index (χ3n) is 12.9. The van der Waals surface area contributed by atoms with Crippen LogP contribution in [0.4, 0.5) is 24.5 Å². The highest BCUT2D eigenvalue weighted by molar-refractivity contribution is 8.00. The van der Waals surface area contributed by atoms with Gasteiger partial charge in [-0.05, 0) is 127 Å². The van der Waals surface area contributed by atoms with Crippen LogP contribution in [0.25, 0.3) is 16.6 Å². The van der Waals surface area contributed by atoms with Crippen LogP contribution in [0.15, 0.2) is 101 Å². The number of carbonyl (C=O) groups excluding carboxylic acids is 1. The van der Waals surface area contributed by atoms with Crippen LogP contribution in [0.5, 0.6) is 11.5 Å². The summed E-state index contributed by atoms with van der Waals surface area (Å²) < 4.78 is 50.6. The molecule has 2 bridgehead atoms. The molecule has 0 radical (unpaired) electrons. The van der Waals surface area contributed by atoms with Crippen LogP contribution in [0.2, 0.25) is 5.02 Å². The van der Waals surface area contributed by atoms with E-state index in [1.807, 2.05) is 36.4 Å². The monoisotopic (exact) mass is 930 g/mol. The molecule has 9 rings (SSSR count). The fraction of sp³-hybridized carbons (Fsp3) is 0.417. The molecule has 0 saturated carbocycles.